The minimum absolute atomic E-state index is 0.0444. The van der Waals surface area contributed by atoms with Gasteiger partial charge in [0.1, 0.15) is 11.9 Å². The van der Waals surface area contributed by atoms with E-state index in [1.807, 2.05) is 24.3 Å². The van der Waals surface area contributed by atoms with Gasteiger partial charge in [-0.3, -0.25) is 24.6 Å². The first-order valence-electron chi connectivity index (χ1n) is 16.6. The number of hydrogen-bond donors (Lipinski definition) is 7. The van der Waals surface area contributed by atoms with Gasteiger partial charge in [-0.25, -0.2) is 0 Å². The van der Waals surface area contributed by atoms with Crippen LogP contribution in [0.3, 0.4) is 0 Å². The Balaban J connectivity index is 1.30. The molecule has 5 aliphatic heterocycles. The van der Waals surface area contributed by atoms with Gasteiger partial charge in [0.2, 0.25) is 23.6 Å². The van der Waals surface area contributed by atoms with Crippen molar-refractivity contribution in [2.75, 3.05) is 49.9 Å². The number of nitrogen functional groups attached to an aromatic ring is 1. The van der Waals surface area contributed by atoms with Gasteiger partial charge in [-0.2, -0.15) is 0 Å². The molecule has 0 aromatic heterocycles. The molecule has 2 atom stereocenters. The topological polar surface area (TPSA) is 199 Å². The number of anilines is 2. The lowest BCUT2D eigenvalue weighted by Crippen LogP contribution is -2.52. The molecule has 258 valence electrons. The summed E-state index contributed by atoms with van der Waals surface area (Å²) in [6.45, 7) is 4.87. The highest BCUT2D eigenvalue weighted by Gasteiger charge is 2.25. The van der Waals surface area contributed by atoms with Crippen LogP contribution in [0.15, 0.2) is 72.8 Å². The summed E-state index contributed by atoms with van der Waals surface area (Å²) < 4.78 is 0. The molecular weight excluding hydrogens is 622 g/mol. The van der Waals surface area contributed by atoms with Crippen LogP contribution in [0.5, 0.6) is 0 Å². The molecule has 0 unspecified atom stereocenters. The van der Waals surface area contributed by atoms with Crippen LogP contribution in [-0.2, 0) is 38.6 Å². The van der Waals surface area contributed by atoms with Crippen LogP contribution in [0, 0.1) is 5.41 Å². The fraction of sp³-hybridized carbons (Fsp3) is 0.361. The third kappa shape index (κ3) is 10.7. The van der Waals surface area contributed by atoms with E-state index in [9.17, 15) is 19.2 Å². The van der Waals surface area contributed by atoms with Gasteiger partial charge in [0, 0.05) is 82.0 Å². The van der Waals surface area contributed by atoms with Gasteiger partial charge in [0.05, 0.1) is 6.04 Å². The lowest BCUT2D eigenvalue weighted by Gasteiger charge is -2.34. The maximum Gasteiger partial charge on any atom is 0.243 e. The molecule has 1 saturated heterocycles. The van der Waals surface area contributed by atoms with E-state index in [1.54, 1.807) is 48.5 Å². The van der Waals surface area contributed by atoms with Crippen molar-refractivity contribution in [2.45, 2.75) is 44.3 Å². The third-order valence-corrected chi connectivity index (χ3v) is 8.85. The Kier molecular flexibility index (Phi) is 12.1. The molecular formula is C36H45N9O4. The average Bonchev–Trinajstić information content (AvgIpc) is 3.10. The molecule has 13 nitrogen and oxygen atoms in total. The molecule has 0 radical (unpaired) electrons. The highest BCUT2D eigenvalue weighted by molar-refractivity contribution is 5.95. The number of nitrogens with zero attached hydrogens (tertiary/aromatic N) is 2. The molecule has 8 rings (SSSR count). The van der Waals surface area contributed by atoms with Crippen molar-refractivity contribution in [2.24, 2.45) is 11.5 Å². The van der Waals surface area contributed by atoms with Crippen LogP contribution in [0.25, 0.3) is 0 Å². The maximum atomic E-state index is 13.5. The summed E-state index contributed by atoms with van der Waals surface area (Å²) >= 11 is 0. The van der Waals surface area contributed by atoms with Gasteiger partial charge in [-0.05, 0) is 47.4 Å². The van der Waals surface area contributed by atoms with Crippen LogP contribution in [0.1, 0.15) is 35.1 Å². The largest absolute Gasteiger partial charge is 0.384 e. The predicted molar refractivity (Wildman–Crippen MR) is 189 cm³/mol. The molecule has 3 aromatic rings. The van der Waals surface area contributed by atoms with Crippen molar-refractivity contribution < 1.29 is 19.2 Å². The Morgan fingerprint density at radius 1 is 0.735 bits per heavy atom. The van der Waals surface area contributed by atoms with E-state index in [4.69, 9.17) is 16.9 Å². The number of nitrogens with one attached hydrogen (secondary N) is 5. The van der Waals surface area contributed by atoms with Crippen molar-refractivity contribution in [1.82, 2.24) is 20.4 Å². The quantitative estimate of drug-likeness (QED) is 0.159. The molecule has 6 bridgehead atoms. The second kappa shape index (κ2) is 16.8. The van der Waals surface area contributed by atoms with E-state index < -0.39 is 18.0 Å². The SMILES string of the molecule is N=C(N)c1ccc(CNC(=O)[C@@H]2Cc3ccc(cc3)NC(=O)CCN3CCN(CCC(=O)Nc4ccc(cc4)C[C@@H](N)C(=O)N2)CC3)cc1. The third-order valence-electron chi connectivity index (χ3n) is 8.85. The van der Waals surface area contributed by atoms with Crippen molar-refractivity contribution in [3.8, 4) is 0 Å². The number of amides is 4. The fourth-order valence-corrected chi connectivity index (χ4v) is 5.84. The number of rotatable bonds is 4. The smallest absolute Gasteiger partial charge is 0.243 e. The Labute approximate surface area is 286 Å². The predicted octanol–water partition coefficient (Wildman–Crippen LogP) is 1.17. The molecule has 3 aromatic carbocycles. The molecule has 13 heteroatoms. The van der Waals surface area contributed by atoms with Crippen LogP contribution in [0.2, 0.25) is 0 Å². The zero-order chi connectivity index (χ0) is 34.8. The normalized spacial score (nSPS) is 22.5. The minimum atomic E-state index is -0.925. The molecule has 0 saturated carbocycles. The van der Waals surface area contributed by atoms with Gasteiger partial charge in [-0.15, -0.1) is 0 Å². The molecule has 5 aliphatic rings. The molecule has 0 aliphatic carbocycles. The molecule has 49 heavy (non-hydrogen) atoms. The summed E-state index contributed by atoms with van der Waals surface area (Å²) in [6.07, 6.45) is 1.16. The van der Waals surface area contributed by atoms with Crippen LogP contribution in [-0.4, -0.2) is 90.6 Å². The highest BCUT2D eigenvalue weighted by Crippen LogP contribution is 2.15. The van der Waals surface area contributed by atoms with Gasteiger partial charge in [0.15, 0.2) is 0 Å². The Bertz CT molecular complexity index is 1620. The monoisotopic (exact) mass is 667 g/mol. The van der Waals surface area contributed by atoms with Crippen molar-refractivity contribution >= 4 is 40.8 Å². The second-order valence-electron chi connectivity index (χ2n) is 12.6. The Morgan fingerprint density at radius 3 is 1.71 bits per heavy atom. The van der Waals surface area contributed by atoms with E-state index >= 15 is 0 Å². The number of nitrogens with two attached hydrogens (primary N) is 2. The van der Waals surface area contributed by atoms with E-state index in [1.165, 1.54) is 0 Å². The summed E-state index contributed by atoms with van der Waals surface area (Å²) in [4.78, 5) is 56.6. The number of benzene rings is 3. The van der Waals surface area contributed by atoms with Crippen molar-refractivity contribution in [3.05, 3.63) is 95.1 Å². The molecule has 1 fully saturated rings. The maximum absolute atomic E-state index is 13.5. The van der Waals surface area contributed by atoms with Gasteiger partial charge >= 0.3 is 0 Å². The van der Waals surface area contributed by atoms with E-state index in [0.717, 1.165) is 42.9 Å². The molecule has 5 heterocycles. The molecule has 4 amide bonds. The number of fused-ring (bicyclic) bond motifs is 3. The second-order valence-corrected chi connectivity index (χ2v) is 12.6. The number of piperazine rings is 1. The van der Waals surface area contributed by atoms with E-state index in [-0.39, 0.29) is 42.9 Å². The molecule has 0 spiro atoms. The number of carbonyl (C=O) groups excluding carboxylic acids is 4. The standard InChI is InChI=1S/C36H45N9O4/c37-30-21-24-3-9-28(10-4-24)41-32(46)13-15-44-17-19-45(20-18-44)16-14-33(47)42-29-11-5-25(6-12-29)22-31(43-35(30)48)36(49)40-23-26-1-7-27(8-2-26)34(38)39/h1-12,30-31H,13-23,37H2,(H3,38,39)(H,40,49)(H,41,46)(H,42,47)(H,43,48)/t30-,31+/m1/s1. The van der Waals surface area contributed by atoms with Gasteiger partial charge in [0.25, 0.3) is 0 Å². The first kappa shape index (κ1) is 35.2. The summed E-state index contributed by atoms with van der Waals surface area (Å²) in [7, 11) is 0. The van der Waals surface area contributed by atoms with Gasteiger partial charge < -0.3 is 42.5 Å². The lowest BCUT2D eigenvalue weighted by atomic mass is 10.0. The van der Waals surface area contributed by atoms with Crippen molar-refractivity contribution in [3.63, 3.8) is 0 Å². The zero-order valence-corrected chi connectivity index (χ0v) is 27.5. The zero-order valence-electron chi connectivity index (χ0n) is 27.5. The highest BCUT2D eigenvalue weighted by atomic mass is 16.2. The van der Waals surface area contributed by atoms with Crippen LogP contribution < -0.4 is 32.7 Å². The van der Waals surface area contributed by atoms with Crippen molar-refractivity contribution in [1.29, 1.82) is 5.41 Å². The Morgan fingerprint density at radius 2 is 1.22 bits per heavy atom. The minimum Gasteiger partial charge on any atom is -0.384 e. The average molecular weight is 668 g/mol. The summed E-state index contributed by atoms with van der Waals surface area (Å²) in [5, 5.41) is 19.2. The summed E-state index contributed by atoms with van der Waals surface area (Å²) in [5.74, 6) is -1.07. The number of hydrogen-bond acceptors (Lipinski definition) is 8. The van der Waals surface area contributed by atoms with Gasteiger partial charge in [-0.1, -0.05) is 48.5 Å². The first-order chi connectivity index (χ1) is 23.6. The Hall–Kier alpha value is -5.11. The van der Waals surface area contributed by atoms with Crippen LogP contribution >= 0.6 is 0 Å². The lowest BCUT2D eigenvalue weighted by molar-refractivity contribution is -0.129. The number of amidine groups is 1. The van der Waals surface area contributed by atoms with Crippen LogP contribution in [0.4, 0.5) is 11.4 Å². The summed E-state index contributed by atoms with van der Waals surface area (Å²) in [5.41, 5.74) is 16.2. The fourth-order valence-electron chi connectivity index (χ4n) is 5.84. The number of carbonyl (C=O) groups is 4. The first-order valence-corrected chi connectivity index (χ1v) is 16.6. The molecule has 9 N–H and O–H groups in total. The van der Waals surface area contributed by atoms with E-state index in [0.29, 0.717) is 42.9 Å². The summed E-state index contributed by atoms with van der Waals surface area (Å²) in [6, 6.07) is 19.6. The van der Waals surface area contributed by atoms with E-state index in [2.05, 4.69) is 31.1 Å².